The highest BCUT2D eigenvalue weighted by Crippen LogP contribution is 2.18. The number of rotatable bonds is 4. The van der Waals surface area contributed by atoms with Crippen molar-refractivity contribution in [3.63, 3.8) is 0 Å². The quantitative estimate of drug-likeness (QED) is 0.842. The third-order valence-electron chi connectivity index (χ3n) is 3.38. The molecular formula is C16H19BrN2. The fourth-order valence-corrected chi connectivity index (χ4v) is 2.26. The van der Waals surface area contributed by atoms with Crippen molar-refractivity contribution >= 4 is 21.7 Å². The molecule has 2 rings (SSSR count). The average Bonchev–Trinajstić information content (AvgIpc) is 2.40. The fourth-order valence-electron chi connectivity index (χ4n) is 2.04. The Morgan fingerprint density at radius 1 is 1.11 bits per heavy atom. The molecule has 100 valence electrons. The fraction of sp³-hybridized carbons (Fsp3) is 0.312. The Labute approximate surface area is 123 Å². The van der Waals surface area contributed by atoms with Gasteiger partial charge in [-0.25, -0.2) is 4.98 Å². The van der Waals surface area contributed by atoms with Crippen LogP contribution in [0, 0.1) is 13.8 Å². The third-order valence-corrected chi connectivity index (χ3v) is 4.21. The molecule has 0 aliphatic heterocycles. The molecule has 0 amide bonds. The van der Waals surface area contributed by atoms with Gasteiger partial charge in [0.2, 0.25) is 0 Å². The Morgan fingerprint density at radius 2 is 1.84 bits per heavy atom. The lowest BCUT2D eigenvalue weighted by molar-refractivity contribution is 0.851. The Kier molecular flexibility index (Phi) is 4.59. The molecule has 19 heavy (non-hydrogen) atoms. The SMILES string of the molecule is Cc1ccccc1CCN(C)c1ccc(Br)c(C)n1. The van der Waals surface area contributed by atoms with Crippen LogP contribution in [0.15, 0.2) is 40.9 Å². The molecule has 1 heterocycles. The van der Waals surface area contributed by atoms with E-state index in [1.807, 2.05) is 6.92 Å². The number of hydrogen-bond acceptors (Lipinski definition) is 2. The van der Waals surface area contributed by atoms with Crippen molar-refractivity contribution in [1.82, 2.24) is 4.98 Å². The smallest absolute Gasteiger partial charge is 0.128 e. The van der Waals surface area contributed by atoms with Crippen LogP contribution in [0.5, 0.6) is 0 Å². The van der Waals surface area contributed by atoms with Gasteiger partial charge in [0.15, 0.2) is 0 Å². The Bertz CT molecular complexity index is 566. The predicted molar refractivity (Wildman–Crippen MR) is 84.8 cm³/mol. The van der Waals surface area contributed by atoms with Crippen LogP contribution in [0.3, 0.4) is 0 Å². The number of pyridine rings is 1. The third kappa shape index (κ3) is 3.57. The molecule has 1 aromatic heterocycles. The maximum Gasteiger partial charge on any atom is 0.128 e. The average molecular weight is 319 g/mol. The zero-order valence-corrected chi connectivity index (χ0v) is 13.2. The van der Waals surface area contributed by atoms with E-state index in [1.165, 1.54) is 11.1 Å². The molecule has 1 aromatic carbocycles. The number of anilines is 1. The minimum Gasteiger partial charge on any atom is -0.359 e. The van der Waals surface area contributed by atoms with Gasteiger partial charge >= 0.3 is 0 Å². The number of nitrogens with zero attached hydrogens (tertiary/aromatic N) is 2. The molecule has 0 unspecified atom stereocenters. The van der Waals surface area contributed by atoms with Crippen LogP contribution < -0.4 is 4.90 Å². The largest absolute Gasteiger partial charge is 0.359 e. The first-order valence-corrected chi connectivity index (χ1v) is 7.26. The van der Waals surface area contributed by atoms with Gasteiger partial charge in [-0.15, -0.1) is 0 Å². The van der Waals surface area contributed by atoms with Crippen LogP contribution >= 0.6 is 15.9 Å². The van der Waals surface area contributed by atoms with Crippen LogP contribution in [0.4, 0.5) is 5.82 Å². The Morgan fingerprint density at radius 3 is 2.53 bits per heavy atom. The number of halogens is 1. The highest BCUT2D eigenvalue weighted by molar-refractivity contribution is 9.10. The van der Waals surface area contributed by atoms with Gasteiger partial charge in [0, 0.05) is 18.1 Å². The summed E-state index contributed by atoms with van der Waals surface area (Å²) in [7, 11) is 2.09. The van der Waals surface area contributed by atoms with Gasteiger partial charge < -0.3 is 4.90 Å². The first-order valence-electron chi connectivity index (χ1n) is 6.46. The molecule has 0 aliphatic carbocycles. The van der Waals surface area contributed by atoms with Crippen molar-refractivity contribution in [1.29, 1.82) is 0 Å². The monoisotopic (exact) mass is 318 g/mol. The summed E-state index contributed by atoms with van der Waals surface area (Å²) >= 11 is 3.48. The minimum atomic E-state index is 0.971. The summed E-state index contributed by atoms with van der Waals surface area (Å²) in [6, 6.07) is 12.7. The zero-order chi connectivity index (χ0) is 13.8. The molecule has 0 radical (unpaired) electrons. The summed E-state index contributed by atoms with van der Waals surface area (Å²) in [4.78, 5) is 6.79. The van der Waals surface area contributed by atoms with E-state index in [1.54, 1.807) is 0 Å². The highest BCUT2D eigenvalue weighted by atomic mass is 79.9. The molecule has 0 bridgehead atoms. The van der Waals surface area contributed by atoms with E-state index in [0.717, 1.165) is 29.0 Å². The van der Waals surface area contributed by atoms with E-state index in [0.29, 0.717) is 0 Å². The van der Waals surface area contributed by atoms with Crippen LogP contribution in [-0.4, -0.2) is 18.6 Å². The molecule has 0 fully saturated rings. The van der Waals surface area contributed by atoms with Gasteiger partial charge in [-0.1, -0.05) is 24.3 Å². The van der Waals surface area contributed by atoms with Crippen LogP contribution in [0.25, 0.3) is 0 Å². The zero-order valence-electron chi connectivity index (χ0n) is 11.7. The van der Waals surface area contributed by atoms with Crippen LogP contribution in [-0.2, 0) is 6.42 Å². The maximum absolute atomic E-state index is 4.59. The van der Waals surface area contributed by atoms with Crippen molar-refractivity contribution in [2.45, 2.75) is 20.3 Å². The standard InChI is InChI=1S/C16H19BrN2/c1-12-6-4-5-7-14(12)10-11-19(3)16-9-8-15(17)13(2)18-16/h4-9H,10-11H2,1-3H3. The summed E-state index contributed by atoms with van der Waals surface area (Å²) < 4.78 is 1.06. The van der Waals surface area contributed by atoms with E-state index in [-0.39, 0.29) is 0 Å². The lowest BCUT2D eigenvalue weighted by Crippen LogP contribution is -2.21. The number of aryl methyl sites for hydroxylation is 2. The summed E-state index contributed by atoms with van der Waals surface area (Å²) in [5, 5.41) is 0. The maximum atomic E-state index is 4.59. The van der Waals surface area contributed by atoms with E-state index in [2.05, 4.69) is 76.2 Å². The van der Waals surface area contributed by atoms with Crippen LogP contribution in [0.1, 0.15) is 16.8 Å². The molecule has 0 aliphatic rings. The lowest BCUT2D eigenvalue weighted by atomic mass is 10.1. The first kappa shape index (κ1) is 14.1. The molecule has 0 N–H and O–H groups in total. The Balaban J connectivity index is 2.03. The van der Waals surface area contributed by atoms with E-state index in [9.17, 15) is 0 Å². The van der Waals surface area contributed by atoms with Gasteiger partial charge in [-0.2, -0.15) is 0 Å². The number of likely N-dealkylation sites (N-methyl/N-ethyl adjacent to an activating group) is 1. The molecule has 2 aromatic rings. The molecule has 0 saturated carbocycles. The van der Waals surface area contributed by atoms with Crippen molar-refractivity contribution in [3.8, 4) is 0 Å². The van der Waals surface area contributed by atoms with Gasteiger partial charge in [0.05, 0.1) is 5.69 Å². The molecule has 0 saturated heterocycles. The molecule has 3 heteroatoms. The van der Waals surface area contributed by atoms with Gasteiger partial charge in [0.1, 0.15) is 5.82 Å². The second-order valence-electron chi connectivity index (χ2n) is 4.83. The second kappa shape index (κ2) is 6.20. The summed E-state index contributed by atoms with van der Waals surface area (Å²) in [5.41, 5.74) is 3.79. The molecular weight excluding hydrogens is 300 g/mol. The van der Waals surface area contributed by atoms with Gasteiger partial charge in [0.25, 0.3) is 0 Å². The second-order valence-corrected chi connectivity index (χ2v) is 5.69. The van der Waals surface area contributed by atoms with Crippen molar-refractivity contribution in [3.05, 3.63) is 57.7 Å². The summed E-state index contributed by atoms with van der Waals surface area (Å²) in [5.74, 6) is 1.02. The van der Waals surface area contributed by atoms with Crippen molar-refractivity contribution in [2.24, 2.45) is 0 Å². The Hall–Kier alpha value is -1.35. The topological polar surface area (TPSA) is 16.1 Å². The van der Waals surface area contributed by atoms with Gasteiger partial charge in [-0.3, -0.25) is 0 Å². The van der Waals surface area contributed by atoms with E-state index >= 15 is 0 Å². The minimum absolute atomic E-state index is 0.971. The van der Waals surface area contributed by atoms with E-state index in [4.69, 9.17) is 0 Å². The molecule has 2 nitrogen and oxygen atoms in total. The van der Waals surface area contributed by atoms with E-state index < -0.39 is 0 Å². The highest BCUT2D eigenvalue weighted by Gasteiger charge is 2.05. The number of benzene rings is 1. The van der Waals surface area contributed by atoms with Crippen molar-refractivity contribution in [2.75, 3.05) is 18.5 Å². The van der Waals surface area contributed by atoms with Crippen molar-refractivity contribution < 1.29 is 0 Å². The van der Waals surface area contributed by atoms with Crippen LogP contribution in [0.2, 0.25) is 0 Å². The van der Waals surface area contributed by atoms with Gasteiger partial charge in [-0.05, 0) is 59.5 Å². The summed E-state index contributed by atoms with van der Waals surface area (Å²) in [6.07, 6.45) is 1.04. The predicted octanol–water partition coefficient (Wildman–Crippen LogP) is 4.14. The lowest BCUT2D eigenvalue weighted by Gasteiger charge is -2.19. The first-order chi connectivity index (χ1) is 9.08. The number of hydrogen-bond donors (Lipinski definition) is 0. The normalized spacial score (nSPS) is 10.5. The summed E-state index contributed by atoms with van der Waals surface area (Å²) in [6.45, 7) is 5.15. The molecule has 0 spiro atoms. The number of aromatic nitrogens is 1. The molecule has 0 atom stereocenters.